The van der Waals surface area contributed by atoms with Crippen LogP contribution in [0.2, 0.25) is 0 Å². The van der Waals surface area contributed by atoms with E-state index in [0.29, 0.717) is 0 Å². The first-order valence-electron chi connectivity index (χ1n) is 6.43. The third-order valence-electron chi connectivity index (χ3n) is 3.06. The fourth-order valence-corrected chi connectivity index (χ4v) is 3.57. The molecule has 0 saturated carbocycles. The SMILES string of the molecule is O.O=c1ccn([C@@H]2O[C@H](COP(=O)([O-])OP(=O)([O-])O)[C@@H](O)[C@H]2O)c(=O)[nH]1.[Na+].[Na+]. The molecule has 1 saturated heterocycles. The van der Waals surface area contributed by atoms with E-state index in [2.05, 4.69) is 8.83 Å². The number of aliphatic hydroxyl groups is 2. The van der Waals surface area contributed by atoms with E-state index >= 15 is 0 Å². The maximum absolute atomic E-state index is 11.7. The molecule has 6 N–H and O–H groups in total. The van der Waals surface area contributed by atoms with Crippen molar-refractivity contribution in [2.45, 2.75) is 24.5 Å². The van der Waals surface area contributed by atoms with Crippen molar-refractivity contribution in [2.24, 2.45) is 0 Å². The first-order chi connectivity index (χ1) is 11.4. The number of hydrogen-bond acceptors (Lipinski definition) is 11. The number of H-pyrrole nitrogens is 1. The zero-order valence-electron chi connectivity index (χ0n) is 14.5. The van der Waals surface area contributed by atoms with Gasteiger partial charge in [0.25, 0.3) is 21.2 Å². The molecule has 1 fully saturated rings. The first-order valence-corrected chi connectivity index (χ1v) is 9.39. The third kappa shape index (κ3) is 8.49. The minimum atomic E-state index is -5.63. The van der Waals surface area contributed by atoms with E-state index in [1.807, 2.05) is 4.98 Å². The number of aliphatic hydroxyl groups excluding tert-OH is 2. The second-order valence-electron chi connectivity index (χ2n) is 4.86. The molecular formula is C9H14N2Na2O13P2. The van der Waals surface area contributed by atoms with Crippen LogP contribution in [0, 0.1) is 0 Å². The molecule has 1 aliphatic rings. The van der Waals surface area contributed by atoms with Crippen molar-refractivity contribution in [1.29, 1.82) is 0 Å². The average Bonchev–Trinajstić information content (AvgIpc) is 2.71. The molecule has 2 rings (SSSR count). The summed E-state index contributed by atoms with van der Waals surface area (Å²) in [5, 5.41) is 19.7. The van der Waals surface area contributed by atoms with Gasteiger partial charge in [0.05, 0.1) is 6.61 Å². The van der Waals surface area contributed by atoms with Gasteiger partial charge in [-0.15, -0.1) is 0 Å². The Balaban J connectivity index is 0. The molecule has 28 heavy (non-hydrogen) atoms. The molecule has 0 aromatic carbocycles. The van der Waals surface area contributed by atoms with Crippen molar-refractivity contribution in [2.75, 3.05) is 6.61 Å². The van der Waals surface area contributed by atoms with Crippen LogP contribution in [0.4, 0.5) is 0 Å². The Bertz CT molecular complexity index is 840. The number of aromatic amines is 1. The molecule has 0 radical (unpaired) electrons. The van der Waals surface area contributed by atoms with Gasteiger partial charge in [0.1, 0.15) is 18.3 Å². The van der Waals surface area contributed by atoms with Gasteiger partial charge >= 0.3 is 64.8 Å². The maximum Gasteiger partial charge on any atom is 1.00 e. The zero-order valence-corrected chi connectivity index (χ0v) is 20.3. The van der Waals surface area contributed by atoms with Crippen LogP contribution in [-0.2, 0) is 22.7 Å². The van der Waals surface area contributed by atoms with E-state index in [1.54, 1.807) is 0 Å². The van der Waals surface area contributed by atoms with Crippen molar-refractivity contribution in [3.8, 4) is 0 Å². The Morgan fingerprint density at radius 2 is 1.79 bits per heavy atom. The summed E-state index contributed by atoms with van der Waals surface area (Å²) in [4.78, 5) is 54.4. The predicted octanol–water partition coefficient (Wildman–Crippen LogP) is -10.7. The number of phosphoric acid groups is 2. The summed E-state index contributed by atoms with van der Waals surface area (Å²) >= 11 is 0. The summed E-state index contributed by atoms with van der Waals surface area (Å²) < 4.78 is 34.9. The fraction of sp³-hybridized carbons (Fsp3) is 0.556. The number of rotatable bonds is 6. The number of ether oxygens (including phenoxy) is 1. The zero-order chi connectivity index (χ0) is 19.0. The average molecular weight is 466 g/mol. The summed E-state index contributed by atoms with van der Waals surface area (Å²) in [6.45, 7) is -0.992. The van der Waals surface area contributed by atoms with Gasteiger partial charge in [-0.2, -0.15) is 0 Å². The number of hydrogen-bond donors (Lipinski definition) is 4. The second-order valence-corrected chi connectivity index (χ2v) is 7.60. The molecule has 6 atom stereocenters. The van der Waals surface area contributed by atoms with Crippen LogP contribution >= 0.6 is 15.6 Å². The number of nitrogens with one attached hydrogen (secondary N) is 1. The van der Waals surface area contributed by atoms with Gasteiger partial charge in [0.15, 0.2) is 6.23 Å². The Labute approximate surface area is 200 Å². The van der Waals surface area contributed by atoms with Crippen LogP contribution in [-0.4, -0.2) is 55.1 Å². The number of phosphoric ester groups is 1. The molecule has 150 valence electrons. The second kappa shape index (κ2) is 12.0. The Kier molecular flexibility index (Phi) is 13.3. The van der Waals surface area contributed by atoms with Crippen LogP contribution in [0.3, 0.4) is 0 Å². The molecule has 1 aromatic heterocycles. The van der Waals surface area contributed by atoms with Gasteiger partial charge in [-0.3, -0.25) is 23.5 Å². The van der Waals surface area contributed by atoms with E-state index in [0.717, 1.165) is 16.8 Å². The number of nitrogens with zero attached hydrogens (tertiary/aromatic N) is 1. The quantitative estimate of drug-likeness (QED) is 0.225. The molecule has 15 nitrogen and oxygen atoms in total. The van der Waals surface area contributed by atoms with Gasteiger partial charge in [-0.25, -0.2) is 9.11 Å². The molecule has 0 aliphatic carbocycles. The van der Waals surface area contributed by atoms with Crippen molar-refractivity contribution in [3.63, 3.8) is 0 Å². The largest absolute Gasteiger partial charge is 1.00 e. The summed E-state index contributed by atoms with van der Waals surface area (Å²) in [5.41, 5.74) is -1.68. The monoisotopic (exact) mass is 466 g/mol. The molecule has 19 heteroatoms. The standard InChI is InChI=1S/C9H14N2O12P2.2Na.H2O/c12-5-1-2-11(9(15)10-5)8-7(14)6(13)4(22-8)3-21-25(19,20)23-24(16,17)18;;;/h1-2,4,6-8,13-14H,3H2,(H,19,20)(H,10,12,15)(H2,16,17,18);;;1H2/q;2*+1;/p-2/t4-,6-,7-,8-;;;/m1.../s1. The Morgan fingerprint density at radius 3 is 2.29 bits per heavy atom. The maximum atomic E-state index is 11.7. The van der Waals surface area contributed by atoms with E-state index in [1.165, 1.54) is 0 Å². The molecule has 2 unspecified atom stereocenters. The molecule has 1 aliphatic heterocycles. The summed E-state index contributed by atoms with van der Waals surface area (Å²) in [6.07, 6.45) is -5.44. The van der Waals surface area contributed by atoms with Gasteiger partial charge in [0, 0.05) is 12.3 Å². The van der Waals surface area contributed by atoms with E-state index in [4.69, 9.17) is 9.63 Å². The van der Waals surface area contributed by atoms with Crippen LogP contribution in [0.15, 0.2) is 21.9 Å². The minimum absolute atomic E-state index is 0. The molecule has 2 heterocycles. The molecule has 0 bridgehead atoms. The normalized spacial score (nSPS) is 28.0. The summed E-state index contributed by atoms with van der Waals surface area (Å²) in [6, 6.07) is 0.945. The molecular weight excluding hydrogens is 452 g/mol. The van der Waals surface area contributed by atoms with E-state index < -0.39 is 58.0 Å². The third-order valence-corrected chi connectivity index (χ3v) is 5.15. The Hall–Kier alpha value is 0.780. The van der Waals surface area contributed by atoms with Gasteiger partial charge < -0.3 is 39.6 Å². The minimum Gasteiger partial charge on any atom is -0.756 e. The summed E-state index contributed by atoms with van der Waals surface area (Å²) in [5.74, 6) is 0. The molecule has 0 spiro atoms. The van der Waals surface area contributed by atoms with E-state index in [-0.39, 0.29) is 64.6 Å². The van der Waals surface area contributed by atoms with Crippen molar-refractivity contribution in [1.82, 2.24) is 9.55 Å². The Morgan fingerprint density at radius 1 is 1.21 bits per heavy atom. The van der Waals surface area contributed by atoms with Gasteiger partial charge in [-0.05, 0) is 0 Å². The predicted molar refractivity (Wildman–Crippen MR) is 75.3 cm³/mol. The van der Waals surface area contributed by atoms with Crippen molar-refractivity contribution < 1.29 is 112 Å². The van der Waals surface area contributed by atoms with Gasteiger partial charge in [0.2, 0.25) is 0 Å². The summed E-state index contributed by atoms with van der Waals surface area (Å²) in [7, 11) is -11.1. The first kappa shape index (κ1) is 31.0. The van der Waals surface area contributed by atoms with Crippen LogP contribution in [0.25, 0.3) is 0 Å². The number of aromatic nitrogens is 2. The van der Waals surface area contributed by atoms with E-state index in [9.17, 15) is 38.7 Å². The smallest absolute Gasteiger partial charge is 0.756 e. The van der Waals surface area contributed by atoms with Crippen LogP contribution < -0.4 is 80.2 Å². The topological polar surface area (TPSA) is 255 Å². The van der Waals surface area contributed by atoms with Gasteiger partial charge in [-0.1, -0.05) is 0 Å². The van der Waals surface area contributed by atoms with Crippen molar-refractivity contribution in [3.05, 3.63) is 33.1 Å². The van der Waals surface area contributed by atoms with Crippen LogP contribution in [0.1, 0.15) is 6.23 Å². The van der Waals surface area contributed by atoms with Crippen LogP contribution in [0.5, 0.6) is 0 Å². The molecule has 0 amide bonds. The molecule has 1 aromatic rings. The van der Waals surface area contributed by atoms with Crippen molar-refractivity contribution >= 4 is 15.6 Å². The fourth-order valence-electron chi connectivity index (χ4n) is 2.04.